The van der Waals surface area contributed by atoms with Gasteiger partial charge in [0.05, 0.1) is 16.4 Å². The van der Waals surface area contributed by atoms with Gasteiger partial charge in [-0.1, -0.05) is 29.5 Å². The molecule has 0 unspecified atom stereocenters. The molecule has 0 saturated carbocycles. The van der Waals surface area contributed by atoms with Crippen molar-refractivity contribution in [3.8, 4) is 17.1 Å². The second kappa shape index (κ2) is 7.80. The predicted octanol–water partition coefficient (Wildman–Crippen LogP) is 3.53. The zero-order valence-electron chi connectivity index (χ0n) is 15.5. The van der Waals surface area contributed by atoms with Crippen LogP contribution >= 0.6 is 11.8 Å². The first-order chi connectivity index (χ1) is 14.0. The minimum atomic E-state index is -0.459. The van der Waals surface area contributed by atoms with Crippen molar-refractivity contribution < 1.29 is 9.34 Å². The normalized spacial score (nSPS) is 11.0. The highest BCUT2D eigenvalue weighted by Crippen LogP contribution is 2.26. The zero-order chi connectivity index (χ0) is 20.4. The number of benzene rings is 2. The molecule has 0 N–H and O–H groups in total. The van der Waals surface area contributed by atoms with Crippen LogP contribution in [0.3, 0.4) is 0 Å². The Labute approximate surface area is 169 Å². The lowest BCUT2D eigenvalue weighted by atomic mass is 10.1. The number of nitro groups is 1. The van der Waals surface area contributed by atoms with E-state index in [1.54, 1.807) is 16.8 Å². The molecule has 0 bridgehead atoms. The molecule has 29 heavy (non-hydrogen) atoms. The first kappa shape index (κ1) is 18.7. The molecule has 146 valence electrons. The molecule has 4 aromatic rings. The number of aryl methyl sites for hydroxylation is 2. The Balaban J connectivity index is 1.48. The summed E-state index contributed by atoms with van der Waals surface area (Å²) in [7, 11) is 0. The molecule has 4 rings (SSSR count). The van der Waals surface area contributed by atoms with Gasteiger partial charge in [0.2, 0.25) is 16.9 Å². The van der Waals surface area contributed by atoms with E-state index in [1.807, 2.05) is 26.0 Å². The molecule has 0 atom stereocenters. The van der Waals surface area contributed by atoms with Crippen molar-refractivity contribution >= 4 is 17.4 Å². The van der Waals surface area contributed by atoms with Crippen LogP contribution < -0.4 is 0 Å². The summed E-state index contributed by atoms with van der Waals surface area (Å²) in [6.07, 6.45) is 0. The van der Waals surface area contributed by atoms with Crippen LogP contribution in [0.25, 0.3) is 17.1 Å². The van der Waals surface area contributed by atoms with Crippen LogP contribution in [0.4, 0.5) is 5.69 Å². The minimum Gasteiger partial charge on any atom is -0.420 e. The smallest absolute Gasteiger partial charge is 0.269 e. The maximum atomic E-state index is 10.8. The number of hydrogen-bond donors (Lipinski definition) is 0. The lowest BCUT2D eigenvalue weighted by Crippen LogP contribution is -2.02. The number of hydrogen-bond acceptors (Lipinski definition) is 9. The fourth-order valence-corrected chi connectivity index (χ4v) is 3.46. The van der Waals surface area contributed by atoms with Crippen molar-refractivity contribution in [2.24, 2.45) is 0 Å². The largest absolute Gasteiger partial charge is 0.420 e. The molecular weight excluding hydrogens is 394 g/mol. The van der Waals surface area contributed by atoms with E-state index in [4.69, 9.17) is 4.42 Å². The van der Waals surface area contributed by atoms with Crippen LogP contribution in [0, 0.1) is 24.0 Å². The van der Waals surface area contributed by atoms with Crippen LogP contribution in [0.2, 0.25) is 0 Å². The Hall–Kier alpha value is -3.60. The number of rotatable bonds is 6. The van der Waals surface area contributed by atoms with E-state index in [0.29, 0.717) is 28.3 Å². The summed E-state index contributed by atoms with van der Waals surface area (Å²) >= 11 is 1.37. The third kappa shape index (κ3) is 3.99. The van der Waals surface area contributed by atoms with E-state index in [2.05, 4.69) is 31.8 Å². The summed E-state index contributed by atoms with van der Waals surface area (Å²) in [6.45, 7) is 4.04. The monoisotopic (exact) mass is 409 g/mol. The van der Waals surface area contributed by atoms with E-state index < -0.39 is 4.92 Å². The van der Waals surface area contributed by atoms with E-state index in [-0.39, 0.29) is 5.69 Å². The first-order valence-electron chi connectivity index (χ1n) is 8.57. The summed E-state index contributed by atoms with van der Waals surface area (Å²) in [5, 5.41) is 31.3. The van der Waals surface area contributed by atoms with Gasteiger partial charge in [-0.25, -0.2) is 0 Å². The van der Waals surface area contributed by atoms with Gasteiger partial charge in [0, 0.05) is 17.7 Å². The molecule has 2 heterocycles. The lowest BCUT2D eigenvalue weighted by Gasteiger charge is -2.07. The number of tetrazole rings is 1. The summed E-state index contributed by atoms with van der Waals surface area (Å²) in [5.41, 5.74) is 3.75. The van der Waals surface area contributed by atoms with Crippen LogP contribution in [-0.4, -0.2) is 35.3 Å². The lowest BCUT2D eigenvalue weighted by molar-refractivity contribution is -0.384. The summed E-state index contributed by atoms with van der Waals surface area (Å²) in [6, 6.07) is 12.0. The molecule has 0 aliphatic carbocycles. The average Bonchev–Trinajstić information content (AvgIpc) is 3.36. The van der Waals surface area contributed by atoms with Gasteiger partial charge in [-0.2, -0.15) is 4.68 Å². The first-order valence-corrected chi connectivity index (χ1v) is 9.56. The van der Waals surface area contributed by atoms with Crippen LogP contribution in [0.5, 0.6) is 0 Å². The van der Waals surface area contributed by atoms with Gasteiger partial charge in [-0.3, -0.25) is 10.1 Å². The Morgan fingerprint density at radius 1 is 1.10 bits per heavy atom. The molecule has 0 amide bonds. The van der Waals surface area contributed by atoms with E-state index in [9.17, 15) is 10.1 Å². The summed E-state index contributed by atoms with van der Waals surface area (Å²) in [4.78, 5) is 10.3. The van der Waals surface area contributed by atoms with Crippen molar-refractivity contribution in [3.05, 3.63) is 69.6 Å². The molecule has 0 radical (unpaired) electrons. The van der Waals surface area contributed by atoms with E-state index >= 15 is 0 Å². The van der Waals surface area contributed by atoms with Gasteiger partial charge >= 0.3 is 0 Å². The van der Waals surface area contributed by atoms with Gasteiger partial charge in [-0.15, -0.1) is 15.3 Å². The van der Waals surface area contributed by atoms with Crippen molar-refractivity contribution in [3.63, 3.8) is 0 Å². The molecular formula is C18H15N7O3S. The highest BCUT2D eigenvalue weighted by Gasteiger charge is 2.15. The fourth-order valence-electron chi connectivity index (χ4n) is 2.74. The molecule has 0 fully saturated rings. The molecule has 0 spiro atoms. The third-order valence-electron chi connectivity index (χ3n) is 4.14. The fraction of sp³-hybridized carbons (Fsp3) is 0.167. The Bertz CT molecular complexity index is 1170. The van der Waals surface area contributed by atoms with Crippen molar-refractivity contribution in [1.82, 2.24) is 30.4 Å². The zero-order valence-corrected chi connectivity index (χ0v) is 16.3. The molecule has 11 heteroatoms. The van der Waals surface area contributed by atoms with Gasteiger partial charge in [0.25, 0.3) is 5.69 Å². The second-order valence-corrected chi connectivity index (χ2v) is 7.20. The molecule has 0 aliphatic heterocycles. The molecule has 2 aromatic heterocycles. The molecule has 0 saturated heterocycles. The van der Waals surface area contributed by atoms with Gasteiger partial charge in [0.15, 0.2) is 0 Å². The van der Waals surface area contributed by atoms with Crippen LogP contribution in [0.15, 0.2) is 52.0 Å². The van der Waals surface area contributed by atoms with E-state index in [0.717, 1.165) is 16.8 Å². The van der Waals surface area contributed by atoms with Crippen molar-refractivity contribution in [2.45, 2.75) is 24.8 Å². The quantitative estimate of drug-likeness (QED) is 0.267. The van der Waals surface area contributed by atoms with Crippen molar-refractivity contribution in [1.29, 1.82) is 0 Å². The maximum Gasteiger partial charge on any atom is 0.269 e. The number of nitro benzene ring substituents is 1. The highest BCUT2D eigenvalue weighted by molar-refractivity contribution is 7.98. The minimum absolute atomic E-state index is 0.00211. The standard InChI is InChI=1S/C18H15N7O3S/c1-11-3-8-15(12(2)9-11)24-18(21-22-23-24)29-10-16-19-20-17(28-16)13-4-6-14(7-5-13)25(26)27/h3-9H,10H2,1-2H3. The second-order valence-electron chi connectivity index (χ2n) is 6.26. The Kier molecular flexibility index (Phi) is 5.04. The molecule has 10 nitrogen and oxygen atoms in total. The molecule has 0 aliphatic rings. The average molecular weight is 409 g/mol. The Morgan fingerprint density at radius 2 is 1.90 bits per heavy atom. The number of nitrogens with zero attached hydrogens (tertiary/aromatic N) is 7. The van der Waals surface area contributed by atoms with Crippen molar-refractivity contribution in [2.75, 3.05) is 0 Å². The number of thioether (sulfide) groups is 1. The third-order valence-corrected chi connectivity index (χ3v) is 5.04. The van der Waals surface area contributed by atoms with Gasteiger partial charge in [0.1, 0.15) is 0 Å². The highest BCUT2D eigenvalue weighted by atomic mass is 32.2. The van der Waals surface area contributed by atoms with Gasteiger partial charge < -0.3 is 4.42 Å². The molecule has 2 aromatic carbocycles. The maximum absolute atomic E-state index is 10.8. The summed E-state index contributed by atoms with van der Waals surface area (Å²) in [5.74, 6) is 1.08. The SMILES string of the molecule is Cc1ccc(-n2nnnc2SCc2nnc(-c3ccc([N+](=O)[O-])cc3)o2)c(C)c1. The topological polar surface area (TPSA) is 126 Å². The Morgan fingerprint density at radius 3 is 2.62 bits per heavy atom. The predicted molar refractivity (Wildman–Crippen MR) is 105 cm³/mol. The number of aromatic nitrogens is 6. The summed E-state index contributed by atoms with van der Waals surface area (Å²) < 4.78 is 7.34. The van der Waals surface area contributed by atoms with E-state index in [1.165, 1.54) is 23.9 Å². The number of non-ortho nitro benzene ring substituents is 1. The van der Waals surface area contributed by atoms with Crippen LogP contribution in [-0.2, 0) is 5.75 Å². The van der Waals surface area contributed by atoms with Gasteiger partial charge in [-0.05, 0) is 48.0 Å². The van der Waals surface area contributed by atoms with Crippen LogP contribution in [0.1, 0.15) is 17.0 Å².